The Balaban J connectivity index is 0.00000104. The van der Waals surface area contributed by atoms with Gasteiger partial charge in [0.15, 0.2) is 0 Å². The molecule has 0 bridgehead atoms. The number of tetrazole rings is 1. The van der Waals surface area contributed by atoms with Crippen molar-refractivity contribution in [3.05, 3.63) is 62.8 Å². The molecule has 0 spiro atoms. The molecule has 7 heteroatoms. The number of allylic oxidation sites excluding steroid dienone is 5. The molecule has 2 aliphatic rings. The maximum absolute atomic E-state index is 4.12. The third-order valence-corrected chi connectivity index (χ3v) is 7.34. The van der Waals surface area contributed by atoms with Gasteiger partial charge in [0.05, 0.1) is 0 Å². The van der Waals surface area contributed by atoms with Gasteiger partial charge in [-0.25, -0.2) is 0 Å². The zero-order valence-electron chi connectivity index (χ0n) is 13.4. The summed E-state index contributed by atoms with van der Waals surface area (Å²) in [5, 5.41) is 11.7. The average Bonchev–Trinajstić information content (AvgIpc) is 3.23. The van der Waals surface area contributed by atoms with Crippen molar-refractivity contribution in [1.29, 1.82) is 0 Å². The van der Waals surface area contributed by atoms with Gasteiger partial charge in [-0.1, -0.05) is 0 Å². The smallest absolute Gasteiger partial charge is 1.00 e. The molecule has 2 aromatic rings. The second-order valence-electron chi connectivity index (χ2n) is 5.72. The number of rotatable bonds is 3. The number of hydrogen-bond acceptors (Lipinski definition) is 3. The van der Waals surface area contributed by atoms with Gasteiger partial charge in [-0.3, -0.25) is 0 Å². The van der Waals surface area contributed by atoms with E-state index in [9.17, 15) is 0 Å². The van der Waals surface area contributed by atoms with Gasteiger partial charge in [0, 0.05) is 0 Å². The molecule has 122 valence electrons. The van der Waals surface area contributed by atoms with Crippen LogP contribution in [0.5, 0.6) is 0 Å². The maximum atomic E-state index is 4.12. The fraction of sp³-hybridized carbons (Fsp3) is 0.235. The predicted octanol–water partition coefficient (Wildman–Crippen LogP) is -2.56. The third-order valence-electron chi connectivity index (χ3n) is 4.49. The summed E-state index contributed by atoms with van der Waals surface area (Å²) in [7, 11) is 0. The minimum atomic E-state index is -0.303. The zero-order chi connectivity index (χ0) is 15.1. The second kappa shape index (κ2) is 7.79. The quantitative estimate of drug-likeness (QED) is 0.538. The number of hydrogen-bond donors (Lipinski definition) is 0. The van der Waals surface area contributed by atoms with Crippen LogP contribution in [-0.4, -0.2) is 20.2 Å². The Bertz CT molecular complexity index is 825. The first kappa shape index (κ1) is 19.1. The van der Waals surface area contributed by atoms with Crippen LogP contribution in [-0.2, 0) is 19.2 Å². The summed E-state index contributed by atoms with van der Waals surface area (Å²) in [5.41, 5.74) is 6.90. The number of benzene rings is 1. The van der Waals surface area contributed by atoms with Gasteiger partial charge in [0.1, 0.15) is 0 Å². The minimum absolute atomic E-state index is 0. The van der Waals surface area contributed by atoms with Gasteiger partial charge < -0.3 is 24.8 Å². The van der Waals surface area contributed by atoms with E-state index in [1.807, 2.05) is 4.68 Å². The third kappa shape index (κ3) is 3.29. The first-order valence-corrected chi connectivity index (χ1v) is 9.09. The Morgan fingerprint density at radius 1 is 1.17 bits per heavy atom. The summed E-state index contributed by atoms with van der Waals surface area (Å²) >= 11 is -0.303. The average molecular weight is 395 g/mol. The molecule has 1 heterocycles. The first-order valence-electron chi connectivity index (χ1n) is 7.41. The van der Waals surface area contributed by atoms with Crippen molar-refractivity contribution in [1.82, 2.24) is 20.2 Å². The Morgan fingerprint density at radius 2 is 1.96 bits per heavy atom. The van der Waals surface area contributed by atoms with Crippen molar-refractivity contribution >= 4 is 11.8 Å². The summed E-state index contributed by atoms with van der Waals surface area (Å²) < 4.78 is 3.93. The normalized spacial score (nSPS) is 18.2. The van der Waals surface area contributed by atoms with Crippen LogP contribution in [0.15, 0.2) is 51.7 Å². The van der Waals surface area contributed by atoms with Crippen molar-refractivity contribution in [3.63, 3.8) is 0 Å². The van der Waals surface area contributed by atoms with Gasteiger partial charge in [0.25, 0.3) is 0 Å². The monoisotopic (exact) mass is 394 g/mol. The summed E-state index contributed by atoms with van der Waals surface area (Å²) in [5.74, 6) is 0. The van der Waals surface area contributed by atoms with Crippen LogP contribution in [0.4, 0.5) is 0 Å². The molecular weight excluding hydrogens is 379 g/mol. The molecule has 4 nitrogen and oxygen atoms in total. The van der Waals surface area contributed by atoms with Crippen LogP contribution in [0.1, 0.15) is 35.6 Å². The molecule has 1 atom stereocenters. The van der Waals surface area contributed by atoms with Gasteiger partial charge in [-0.05, 0) is 0 Å². The fourth-order valence-electron chi connectivity index (χ4n) is 3.08. The molecule has 1 unspecified atom stereocenters. The Kier molecular flexibility index (Phi) is 6.21. The van der Waals surface area contributed by atoms with Crippen molar-refractivity contribution in [2.75, 3.05) is 0 Å². The van der Waals surface area contributed by atoms with Crippen molar-refractivity contribution in [2.45, 2.75) is 24.5 Å². The van der Waals surface area contributed by atoms with Crippen molar-refractivity contribution < 1.29 is 44.0 Å². The van der Waals surface area contributed by atoms with Gasteiger partial charge in [0.2, 0.25) is 0 Å². The molecule has 0 amide bonds. The van der Waals surface area contributed by atoms with Gasteiger partial charge in [-0.15, -0.1) is 0 Å². The van der Waals surface area contributed by atoms with E-state index in [0.717, 1.165) is 6.42 Å². The van der Waals surface area contributed by atoms with E-state index in [-0.39, 0.29) is 44.0 Å². The standard InChI is InChI=1S/C10H7N4.C7H9.2ClH.Ti/c1-2-4-9-6-10(5-8(9)3-1)14-7-11-12-13-14;1-6-4-3-5-7(6)2;;;/h1-7H;4H,3H2,1-2H3;2*1H;/q;;;;+2/p-2. The van der Waals surface area contributed by atoms with Gasteiger partial charge in [-0.2, -0.15) is 0 Å². The van der Waals surface area contributed by atoms with Crippen LogP contribution in [0.25, 0.3) is 11.8 Å². The van der Waals surface area contributed by atoms with E-state index >= 15 is 0 Å². The number of aromatic nitrogens is 4. The molecular formula is C17H16Cl2N4Ti. The molecule has 0 fully saturated rings. The molecule has 0 radical (unpaired) electrons. The second-order valence-corrected chi connectivity index (χ2v) is 8.02. The number of halogens is 2. The first-order chi connectivity index (χ1) is 10.7. The van der Waals surface area contributed by atoms with E-state index in [4.69, 9.17) is 0 Å². The van der Waals surface area contributed by atoms with Crippen molar-refractivity contribution in [2.24, 2.45) is 0 Å². The largest absolute Gasteiger partial charge is 1.00 e. The van der Waals surface area contributed by atoms with E-state index < -0.39 is 0 Å². The Labute approximate surface area is 162 Å². The molecule has 4 rings (SSSR count). The van der Waals surface area contributed by atoms with Crippen LogP contribution in [0, 0.1) is 0 Å². The number of nitrogens with zero attached hydrogens (tertiary/aromatic N) is 4. The molecule has 1 aromatic carbocycles. The van der Waals surface area contributed by atoms with Crippen LogP contribution in [0.2, 0.25) is 0 Å². The maximum Gasteiger partial charge on any atom is -1.00 e. The summed E-state index contributed by atoms with van der Waals surface area (Å²) in [6, 6.07) is 8.67. The minimum Gasteiger partial charge on any atom is -1.00 e. The predicted molar refractivity (Wildman–Crippen MR) is 82.2 cm³/mol. The summed E-state index contributed by atoms with van der Waals surface area (Å²) in [6.45, 7) is 4.48. The molecule has 0 N–H and O–H groups in total. The molecule has 0 aliphatic heterocycles. The molecule has 2 aliphatic carbocycles. The van der Waals surface area contributed by atoms with Crippen LogP contribution < -0.4 is 24.8 Å². The van der Waals surface area contributed by atoms with E-state index in [2.05, 4.69) is 65.8 Å². The number of fused-ring (bicyclic) bond motifs is 1. The summed E-state index contributed by atoms with van der Waals surface area (Å²) in [6.07, 6.45) is 7.43. The van der Waals surface area contributed by atoms with Gasteiger partial charge >= 0.3 is 138 Å². The fourth-order valence-corrected chi connectivity index (χ4v) is 5.83. The van der Waals surface area contributed by atoms with Crippen LogP contribution in [0.3, 0.4) is 0 Å². The SMILES string of the molecule is CC1=CC[C]([Ti+2][CH]2C(n3cnnn3)=Cc3ccccc32)=C1C.[Cl-].[Cl-]. The van der Waals surface area contributed by atoms with E-state index in [1.54, 1.807) is 10.2 Å². The molecule has 0 saturated carbocycles. The van der Waals surface area contributed by atoms with E-state index in [1.165, 1.54) is 28.0 Å². The van der Waals surface area contributed by atoms with Crippen molar-refractivity contribution in [3.8, 4) is 0 Å². The van der Waals surface area contributed by atoms with E-state index in [0.29, 0.717) is 4.22 Å². The van der Waals surface area contributed by atoms with Crippen LogP contribution >= 0.6 is 0 Å². The topological polar surface area (TPSA) is 43.6 Å². The zero-order valence-corrected chi connectivity index (χ0v) is 16.4. The summed E-state index contributed by atoms with van der Waals surface area (Å²) in [4.78, 5) is 0. The Morgan fingerprint density at radius 3 is 2.62 bits per heavy atom. The Hall–Kier alpha value is -1.20. The molecule has 0 saturated heterocycles. The molecule has 1 aromatic heterocycles. The molecule has 24 heavy (non-hydrogen) atoms.